The number of benzene rings is 8. The topological polar surface area (TPSA) is 46.7 Å². The Morgan fingerprint density at radius 1 is 0.607 bits per heavy atom. The van der Waals surface area contributed by atoms with Crippen LogP contribution in [0.5, 0.6) is 11.5 Å². The summed E-state index contributed by atoms with van der Waals surface area (Å²) in [6, 6.07) is 41.0. The number of pyridine rings is 1. The van der Waals surface area contributed by atoms with E-state index in [1.165, 1.54) is 0 Å². The fourth-order valence-corrected chi connectivity index (χ4v) is 8.21. The van der Waals surface area contributed by atoms with E-state index >= 15 is 0 Å². The van der Waals surface area contributed by atoms with Crippen LogP contribution in [0.25, 0.3) is 71.8 Å². The summed E-state index contributed by atoms with van der Waals surface area (Å²) in [6.45, 7) is 1.73. The Labute approximate surface area is 380 Å². The number of hydrogen-bond donors (Lipinski definition) is 0. The molecule has 12 rings (SSSR count). The fourth-order valence-electron chi connectivity index (χ4n) is 8.21. The molecule has 1 aliphatic rings. The maximum atomic E-state index is 9.04. The molecule has 0 atom stereocenters. The molecule has 0 fully saturated rings. The minimum atomic E-state index is -0.571. The third kappa shape index (κ3) is 6.02. The van der Waals surface area contributed by atoms with Crippen LogP contribution in [0.3, 0.4) is 0 Å². The van der Waals surface area contributed by atoms with Crippen molar-refractivity contribution in [3.63, 3.8) is 0 Å². The third-order valence-electron chi connectivity index (χ3n) is 10.7. The van der Waals surface area contributed by atoms with E-state index in [0.717, 1.165) is 27.1 Å². The predicted molar refractivity (Wildman–Crippen MR) is 242 cm³/mol. The Hall–Kier alpha value is -7.40. The molecule has 0 aliphatic carbocycles. The number of fused-ring (bicyclic) bond motifs is 8. The number of rotatable bonds is 7. The molecule has 8 aromatic carbocycles. The van der Waals surface area contributed by atoms with Gasteiger partial charge in [-0.05, 0) is 63.7 Å². The maximum Gasteiger partial charge on any atom is 0.135 e. The molecule has 61 heavy (non-hydrogen) atoms. The largest absolute Gasteiger partial charge is 0.508 e. The average molecular weight is 975 g/mol. The molecule has 1 aliphatic heterocycles. The summed E-state index contributed by atoms with van der Waals surface area (Å²) in [4.78, 5) is 8.30. The molecule has 0 radical (unpaired) electrons. The fraction of sp³-hybridized carbons (Fsp3) is 0. The zero-order valence-corrected chi connectivity index (χ0v) is 34.0. The molecule has 6 nitrogen and oxygen atoms in total. The van der Waals surface area contributed by atoms with E-state index in [4.69, 9.17) is 27.8 Å². The minimum absolute atomic E-state index is 0. The van der Waals surface area contributed by atoms with Crippen molar-refractivity contribution in [2.24, 2.45) is 0 Å². The molecule has 0 amide bonds. The molecule has 3 aromatic heterocycles. The molecule has 0 N–H and O–H groups in total. The molecule has 0 saturated carbocycles. The quantitative estimate of drug-likeness (QED) is 0.149. The molecule has 0 spiro atoms. The van der Waals surface area contributed by atoms with Crippen molar-refractivity contribution in [3.8, 4) is 39.6 Å². The van der Waals surface area contributed by atoms with Gasteiger partial charge in [-0.15, -0.1) is 36.6 Å². The molecule has 0 saturated heterocycles. The molecular weight excluding hydrogens is 932 g/mol. The van der Waals surface area contributed by atoms with Crippen molar-refractivity contribution in [2.45, 2.75) is 0 Å². The molecule has 0 unspecified atom stereocenters. The summed E-state index contributed by atoms with van der Waals surface area (Å²) in [7, 11) is 0. The first-order chi connectivity index (χ1) is 33.9. The van der Waals surface area contributed by atoms with Crippen LogP contribution in [0.15, 0.2) is 198 Å². The van der Waals surface area contributed by atoms with Crippen LogP contribution >= 0.6 is 0 Å². The molecule has 7 heteroatoms. The van der Waals surface area contributed by atoms with Gasteiger partial charge in [-0.3, -0.25) is 0 Å². The van der Waals surface area contributed by atoms with Gasteiger partial charge in [0.2, 0.25) is 0 Å². The van der Waals surface area contributed by atoms with Crippen molar-refractivity contribution < 1.29 is 43.9 Å². The van der Waals surface area contributed by atoms with Gasteiger partial charge in [0.15, 0.2) is 0 Å². The normalized spacial score (nSPS) is 14.6. The Kier molecular flexibility index (Phi) is 6.73. The first-order valence-corrected chi connectivity index (χ1v) is 19.1. The number of aromatic nitrogens is 2. The summed E-state index contributed by atoms with van der Waals surface area (Å²) < 4.78 is 103. The first kappa shape index (κ1) is 27.4. The molecule has 4 heterocycles. The monoisotopic (exact) mass is 974 g/mol. The number of furan rings is 1. The Morgan fingerprint density at radius 3 is 2.00 bits per heavy atom. The van der Waals surface area contributed by atoms with Gasteiger partial charge in [-0.1, -0.05) is 144 Å². The van der Waals surface area contributed by atoms with Crippen molar-refractivity contribution >= 4 is 66.5 Å². The number of ether oxygens (including phenoxy) is 1. The second-order valence-corrected chi connectivity index (χ2v) is 14.1. The van der Waals surface area contributed by atoms with E-state index in [1.807, 2.05) is 107 Å². The Balaban J connectivity index is 0.00000547. The van der Waals surface area contributed by atoms with E-state index in [0.29, 0.717) is 51.1 Å². The SMILES string of the molecule is [2H]c1c([2H])c([2H])c(-c2cccc(-c3c([2H])c([2H])c([2H])c([2H])c3[2H])c2N2[CH-]N(c3[c-]c(Oc4[c-]c5c(c6ccccc6n5-c5ccccn5)c5oc6ccccc6c45)ccc3)c3ccccc32)c([2H])c1[2H].[Pt]. The number of para-hydroxylation sites is 5. The number of hydrogen-bond acceptors (Lipinski definition) is 5. The van der Waals surface area contributed by atoms with Crippen LogP contribution in [-0.4, -0.2) is 9.55 Å². The summed E-state index contributed by atoms with van der Waals surface area (Å²) in [5, 5.41) is 3.37. The summed E-state index contributed by atoms with van der Waals surface area (Å²) in [5.41, 5.74) is 4.93. The van der Waals surface area contributed by atoms with Gasteiger partial charge in [-0.25, -0.2) is 4.98 Å². The van der Waals surface area contributed by atoms with Gasteiger partial charge < -0.3 is 23.5 Å². The summed E-state index contributed by atoms with van der Waals surface area (Å²) >= 11 is 0. The summed E-state index contributed by atoms with van der Waals surface area (Å²) in [6.07, 6.45) is 1.74. The van der Waals surface area contributed by atoms with Gasteiger partial charge in [-0.2, -0.15) is 6.07 Å². The maximum absolute atomic E-state index is 9.04. The Bertz CT molecular complexity index is 3870. The Morgan fingerprint density at radius 2 is 1.26 bits per heavy atom. The van der Waals surface area contributed by atoms with Gasteiger partial charge in [0.25, 0.3) is 0 Å². The van der Waals surface area contributed by atoms with Crippen molar-refractivity contribution in [1.82, 2.24) is 9.55 Å². The van der Waals surface area contributed by atoms with E-state index in [2.05, 4.69) is 18.2 Å². The van der Waals surface area contributed by atoms with Crippen molar-refractivity contribution in [3.05, 3.63) is 213 Å². The standard InChI is InChI=1S/C54H33N4O2.Pt/c1-3-17-36(18-4-1)40-25-16-26-41(37-19-5-2-6-20-37)53(40)57-35-56(45-28-10-11-29-46(45)57)38-21-15-22-39(33-38)59-49-34-47-51(54-52(49)43-24-8-12-30-48(43)60-54)42-23-7-9-27-44(42)58(47)50-31-13-14-32-55-50;/h1-32,35H;/q-3;/i1D,2D,3D,4D,5D,6D,17D,18D,19D,20D;. The van der Waals surface area contributed by atoms with Crippen LogP contribution in [-0.2, 0) is 21.1 Å². The van der Waals surface area contributed by atoms with Crippen LogP contribution in [0.2, 0.25) is 0 Å². The third-order valence-corrected chi connectivity index (χ3v) is 10.7. The van der Waals surface area contributed by atoms with Gasteiger partial charge in [0, 0.05) is 78.0 Å². The van der Waals surface area contributed by atoms with Crippen LogP contribution < -0.4 is 14.5 Å². The van der Waals surface area contributed by atoms with Gasteiger partial charge >= 0.3 is 0 Å². The number of nitrogens with zero attached hydrogens (tertiary/aromatic N) is 4. The predicted octanol–water partition coefficient (Wildman–Crippen LogP) is 14.2. The van der Waals surface area contributed by atoms with Crippen LogP contribution in [0.1, 0.15) is 13.7 Å². The van der Waals surface area contributed by atoms with E-state index < -0.39 is 60.4 Å². The minimum Gasteiger partial charge on any atom is -0.508 e. The zero-order valence-electron chi connectivity index (χ0n) is 41.7. The first-order valence-electron chi connectivity index (χ1n) is 24.1. The zero-order chi connectivity index (χ0) is 48.3. The van der Waals surface area contributed by atoms with Gasteiger partial charge in [0.05, 0.1) is 13.7 Å². The van der Waals surface area contributed by atoms with Crippen molar-refractivity contribution in [2.75, 3.05) is 9.80 Å². The van der Waals surface area contributed by atoms with Crippen LogP contribution in [0.4, 0.5) is 22.7 Å². The molecular formula is C54H33N4O2Pt-3. The molecule has 11 aromatic rings. The van der Waals surface area contributed by atoms with Gasteiger partial charge in [0.1, 0.15) is 11.4 Å². The second kappa shape index (κ2) is 15.0. The number of anilines is 4. The van der Waals surface area contributed by atoms with E-state index in [1.54, 1.807) is 42.0 Å². The summed E-state index contributed by atoms with van der Waals surface area (Å²) in [5.74, 6) is 1.42. The average Bonchev–Trinajstić information content (AvgIpc) is 4.07. The molecule has 0 bridgehead atoms. The molecule has 294 valence electrons. The smallest absolute Gasteiger partial charge is 0.135 e. The van der Waals surface area contributed by atoms with E-state index in [9.17, 15) is 0 Å². The van der Waals surface area contributed by atoms with Crippen LogP contribution in [0, 0.1) is 18.8 Å². The second-order valence-electron chi connectivity index (χ2n) is 14.1. The van der Waals surface area contributed by atoms with Crippen molar-refractivity contribution in [1.29, 1.82) is 0 Å². The van der Waals surface area contributed by atoms with E-state index in [-0.39, 0.29) is 49.0 Å².